The van der Waals surface area contributed by atoms with Gasteiger partial charge in [-0.1, -0.05) is 24.3 Å². The molecular weight excluding hydrogens is 296 g/mol. The highest BCUT2D eigenvalue weighted by molar-refractivity contribution is 5.44. The van der Waals surface area contributed by atoms with Gasteiger partial charge in [0.15, 0.2) is 0 Å². The highest BCUT2D eigenvalue weighted by Gasteiger charge is 2.20. The first-order valence-corrected chi connectivity index (χ1v) is 8.84. The smallest absolute Gasteiger partial charge is 0.122 e. The fourth-order valence-electron chi connectivity index (χ4n) is 3.57. The number of rotatable bonds is 5. The number of methoxy groups -OCH3 is 1. The Kier molecular flexibility index (Phi) is 5.41. The molecule has 3 rings (SSSR count). The van der Waals surface area contributed by atoms with E-state index < -0.39 is 0 Å². The topological polar surface area (TPSA) is 24.5 Å². The van der Waals surface area contributed by atoms with E-state index in [-0.39, 0.29) is 0 Å². The van der Waals surface area contributed by atoms with E-state index in [1.807, 2.05) is 0 Å². The predicted octanol–water partition coefficient (Wildman–Crippen LogP) is 4.39. The van der Waals surface area contributed by atoms with E-state index in [4.69, 9.17) is 4.74 Å². The standard InChI is InChI=1S/C21H28N2O/c1-16-17(2)21(24-3)12-11-18(16)14-23-13-7-10-20(15-23)22-19-8-5-4-6-9-19/h4-6,8-9,11-12,20,22H,7,10,13-15H2,1-3H3/t20-/m1/s1. The molecule has 0 aliphatic carbocycles. The molecule has 0 aromatic heterocycles. The lowest BCUT2D eigenvalue weighted by Gasteiger charge is -2.34. The number of hydrogen-bond acceptors (Lipinski definition) is 3. The first kappa shape index (κ1) is 16.8. The molecular formula is C21H28N2O. The zero-order valence-electron chi connectivity index (χ0n) is 15.0. The van der Waals surface area contributed by atoms with Gasteiger partial charge in [-0.05, 0) is 68.1 Å². The monoisotopic (exact) mass is 324 g/mol. The number of piperidine rings is 1. The molecule has 1 aliphatic heterocycles. The lowest BCUT2D eigenvalue weighted by atomic mass is 10.00. The summed E-state index contributed by atoms with van der Waals surface area (Å²) in [4.78, 5) is 2.57. The van der Waals surface area contributed by atoms with Crippen molar-refractivity contribution in [2.24, 2.45) is 0 Å². The summed E-state index contributed by atoms with van der Waals surface area (Å²) in [6.45, 7) is 7.64. The Labute approximate surface area is 145 Å². The zero-order valence-corrected chi connectivity index (χ0v) is 15.0. The van der Waals surface area contributed by atoms with Crippen LogP contribution in [0.25, 0.3) is 0 Å². The molecule has 0 amide bonds. The van der Waals surface area contributed by atoms with Crippen molar-refractivity contribution in [3.8, 4) is 5.75 Å². The van der Waals surface area contributed by atoms with Crippen LogP contribution in [0.15, 0.2) is 42.5 Å². The van der Waals surface area contributed by atoms with Crippen LogP contribution in [0.2, 0.25) is 0 Å². The van der Waals surface area contributed by atoms with Gasteiger partial charge in [0.1, 0.15) is 5.75 Å². The molecule has 0 unspecified atom stereocenters. The molecule has 2 aromatic rings. The number of benzene rings is 2. The van der Waals surface area contributed by atoms with Gasteiger partial charge in [0.05, 0.1) is 7.11 Å². The van der Waals surface area contributed by atoms with E-state index >= 15 is 0 Å². The molecule has 1 N–H and O–H groups in total. The van der Waals surface area contributed by atoms with Crippen molar-refractivity contribution in [1.82, 2.24) is 4.90 Å². The van der Waals surface area contributed by atoms with E-state index in [1.165, 1.54) is 41.8 Å². The number of nitrogens with zero attached hydrogens (tertiary/aromatic N) is 1. The van der Waals surface area contributed by atoms with Crippen molar-refractivity contribution in [1.29, 1.82) is 0 Å². The summed E-state index contributed by atoms with van der Waals surface area (Å²) in [6.07, 6.45) is 2.49. The van der Waals surface area contributed by atoms with E-state index in [9.17, 15) is 0 Å². The number of para-hydroxylation sites is 1. The van der Waals surface area contributed by atoms with Crippen LogP contribution in [-0.2, 0) is 6.54 Å². The fourth-order valence-corrected chi connectivity index (χ4v) is 3.57. The largest absolute Gasteiger partial charge is 0.496 e. The summed E-state index contributed by atoms with van der Waals surface area (Å²) in [5.74, 6) is 0.985. The average molecular weight is 324 g/mol. The van der Waals surface area contributed by atoms with Gasteiger partial charge in [-0.3, -0.25) is 4.90 Å². The Bertz CT molecular complexity index is 669. The lowest BCUT2D eigenvalue weighted by Crippen LogP contribution is -2.41. The molecule has 0 spiro atoms. The van der Waals surface area contributed by atoms with Gasteiger partial charge < -0.3 is 10.1 Å². The SMILES string of the molecule is COc1ccc(CN2CCC[C@@H](Nc3ccccc3)C2)c(C)c1C. The molecule has 1 heterocycles. The van der Waals surface area contributed by atoms with Gasteiger partial charge in [-0.25, -0.2) is 0 Å². The maximum Gasteiger partial charge on any atom is 0.122 e. The van der Waals surface area contributed by atoms with Crippen LogP contribution in [0.1, 0.15) is 29.5 Å². The molecule has 1 aliphatic rings. The van der Waals surface area contributed by atoms with Crippen molar-refractivity contribution in [3.63, 3.8) is 0 Å². The minimum absolute atomic E-state index is 0.529. The third-order valence-corrected chi connectivity index (χ3v) is 5.11. The second-order valence-electron chi connectivity index (χ2n) is 6.76. The second kappa shape index (κ2) is 7.71. The highest BCUT2D eigenvalue weighted by atomic mass is 16.5. The van der Waals surface area contributed by atoms with Crippen LogP contribution in [0.3, 0.4) is 0 Å². The molecule has 128 valence electrons. The van der Waals surface area contributed by atoms with Crippen LogP contribution in [0.5, 0.6) is 5.75 Å². The van der Waals surface area contributed by atoms with Gasteiger partial charge in [-0.2, -0.15) is 0 Å². The average Bonchev–Trinajstić information content (AvgIpc) is 2.60. The molecule has 24 heavy (non-hydrogen) atoms. The summed E-state index contributed by atoms with van der Waals surface area (Å²) in [6, 6.07) is 15.4. The van der Waals surface area contributed by atoms with Crippen molar-refractivity contribution in [2.75, 3.05) is 25.5 Å². The van der Waals surface area contributed by atoms with Gasteiger partial charge in [0.25, 0.3) is 0 Å². The Balaban J connectivity index is 1.64. The molecule has 1 saturated heterocycles. The number of anilines is 1. The molecule has 1 atom stereocenters. The minimum atomic E-state index is 0.529. The summed E-state index contributed by atoms with van der Waals surface area (Å²) >= 11 is 0. The number of likely N-dealkylation sites (tertiary alicyclic amines) is 1. The van der Waals surface area contributed by atoms with Crippen LogP contribution >= 0.6 is 0 Å². The van der Waals surface area contributed by atoms with E-state index in [1.54, 1.807) is 7.11 Å². The van der Waals surface area contributed by atoms with Crippen molar-refractivity contribution in [2.45, 2.75) is 39.3 Å². The van der Waals surface area contributed by atoms with E-state index in [0.29, 0.717) is 6.04 Å². The normalized spacial score (nSPS) is 18.4. The van der Waals surface area contributed by atoms with Crippen molar-refractivity contribution < 1.29 is 4.74 Å². The Morgan fingerprint density at radius 2 is 1.88 bits per heavy atom. The molecule has 0 radical (unpaired) electrons. The maximum atomic E-state index is 5.43. The molecule has 0 saturated carbocycles. The number of hydrogen-bond donors (Lipinski definition) is 1. The van der Waals surface area contributed by atoms with E-state index in [0.717, 1.165) is 18.8 Å². The fraction of sp³-hybridized carbons (Fsp3) is 0.429. The van der Waals surface area contributed by atoms with Crippen LogP contribution in [0.4, 0.5) is 5.69 Å². The molecule has 3 heteroatoms. The Morgan fingerprint density at radius 1 is 1.08 bits per heavy atom. The number of nitrogens with one attached hydrogen (secondary N) is 1. The van der Waals surface area contributed by atoms with Crippen molar-refractivity contribution >= 4 is 5.69 Å². The second-order valence-corrected chi connectivity index (χ2v) is 6.76. The summed E-state index contributed by atoms with van der Waals surface area (Å²) < 4.78 is 5.43. The third-order valence-electron chi connectivity index (χ3n) is 5.11. The molecule has 0 bridgehead atoms. The number of ether oxygens (including phenoxy) is 1. The zero-order chi connectivity index (χ0) is 16.9. The quantitative estimate of drug-likeness (QED) is 0.883. The first-order chi connectivity index (χ1) is 11.7. The Hall–Kier alpha value is -2.00. The summed E-state index contributed by atoms with van der Waals surface area (Å²) in [7, 11) is 1.74. The Morgan fingerprint density at radius 3 is 2.62 bits per heavy atom. The van der Waals surface area contributed by atoms with Crippen molar-refractivity contribution in [3.05, 3.63) is 59.2 Å². The molecule has 3 nitrogen and oxygen atoms in total. The van der Waals surface area contributed by atoms with Crippen LogP contribution in [0, 0.1) is 13.8 Å². The van der Waals surface area contributed by atoms with Gasteiger partial charge >= 0.3 is 0 Å². The summed E-state index contributed by atoms with van der Waals surface area (Å²) in [5, 5.41) is 3.68. The molecule has 2 aromatic carbocycles. The van der Waals surface area contributed by atoms with Gasteiger partial charge in [0.2, 0.25) is 0 Å². The van der Waals surface area contributed by atoms with Crippen LogP contribution in [-0.4, -0.2) is 31.1 Å². The third kappa shape index (κ3) is 3.90. The predicted molar refractivity (Wildman–Crippen MR) is 101 cm³/mol. The maximum absolute atomic E-state index is 5.43. The lowest BCUT2D eigenvalue weighted by molar-refractivity contribution is 0.208. The molecule has 1 fully saturated rings. The van der Waals surface area contributed by atoms with E-state index in [2.05, 4.69) is 66.5 Å². The summed E-state index contributed by atoms with van der Waals surface area (Å²) in [5.41, 5.74) is 5.24. The minimum Gasteiger partial charge on any atom is -0.496 e. The first-order valence-electron chi connectivity index (χ1n) is 8.84. The van der Waals surface area contributed by atoms with Gasteiger partial charge in [0, 0.05) is 24.8 Å². The van der Waals surface area contributed by atoms with Gasteiger partial charge in [-0.15, -0.1) is 0 Å². The van der Waals surface area contributed by atoms with Crippen LogP contribution < -0.4 is 10.1 Å². The highest BCUT2D eigenvalue weighted by Crippen LogP contribution is 2.26.